The van der Waals surface area contributed by atoms with Crippen LogP contribution in [0.25, 0.3) is 10.8 Å². The number of hydrogen-bond acceptors (Lipinski definition) is 2. The minimum atomic E-state index is 0.381. The Morgan fingerprint density at radius 2 is 1.83 bits per heavy atom. The lowest BCUT2D eigenvalue weighted by Gasteiger charge is -2.37. The topological polar surface area (TPSA) is 23.5 Å². The molecule has 2 aliphatic rings. The van der Waals surface area contributed by atoms with Crippen LogP contribution in [0.2, 0.25) is 0 Å². The Morgan fingerprint density at radius 3 is 2.72 bits per heavy atom. The van der Waals surface area contributed by atoms with Crippen molar-refractivity contribution in [1.29, 1.82) is 0 Å². The van der Waals surface area contributed by atoms with Crippen molar-refractivity contribution in [3.05, 3.63) is 35.4 Å². The van der Waals surface area contributed by atoms with Crippen LogP contribution in [0.4, 0.5) is 5.69 Å². The van der Waals surface area contributed by atoms with Gasteiger partial charge in [-0.1, -0.05) is 6.07 Å². The quantitative estimate of drug-likeness (QED) is 0.763. The van der Waals surface area contributed by atoms with Crippen molar-refractivity contribution in [2.45, 2.75) is 25.7 Å². The summed E-state index contributed by atoms with van der Waals surface area (Å²) >= 11 is 0. The van der Waals surface area contributed by atoms with Gasteiger partial charge in [-0.3, -0.25) is 0 Å². The first-order chi connectivity index (χ1) is 8.83. The third-order valence-corrected chi connectivity index (χ3v) is 4.33. The van der Waals surface area contributed by atoms with E-state index in [1.54, 1.807) is 6.07 Å². The molecule has 2 heteroatoms. The summed E-state index contributed by atoms with van der Waals surface area (Å²) in [5.41, 5.74) is 4.45. The van der Waals surface area contributed by atoms with Crippen molar-refractivity contribution >= 4 is 16.5 Å². The molecule has 2 nitrogen and oxygen atoms in total. The molecule has 18 heavy (non-hydrogen) atoms. The Hall–Kier alpha value is -1.70. The van der Waals surface area contributed by atoms with E-state index < -0.39 is 0 Å². The molecule has 4 rings (SSSR count). The van der Waals surface area contributed by atoms with Gasteiger partial charge in [0.2, 0.25) is 0 Å². The van der Waals surface area contributed by atoms with Gasteiger partial charge in [0.15, 0.2) is 0 Å². The number of aromatic hydroxyl groups is 1. The van der Waals surface area contributed by atoms with Gasteiger partial charge in [-0.15, -0.1) is 0 Å². The Labute approximate surface area is 107 Å². The second kappa shape index (κ2) is 3.64. The minimum Gasteiger partial charge on any atom is -0.508 e. The molecule has 1 N–H and O–H groups in total. The van der Waals surface area contributed by atoms with Crippen LogP contribution in [0.15, 0.2) is 24.3 Å². The molecule has 0 fully saturated rings. The predicted octanol–water partition coefficient (Wildman–Crippen LogP) is 3.24. The van der Waals surface area contributed by atoms with Gasteiger partial charge >= 0.3 is 0 Å². The van der Waals surface area contributed by atoms with E-state index in [0.717, 1.165) is 6.42 Å². The number of hydrogen-bond donors (Lipinski definition) is 1. The second-order valence-corrected chi connectivity index (χ2v) is 5.46. The summed E-state index contributed by atoms with van der Waals surface area (Å²) in [6.07, 6.45) is 4.87. The molecule has 0 saturated heterocycles. The third-order valence-electron chi connectivity index (χ3n) is 4.33. The molecular formula is C16H17NO. The lowest BCUT2D eigenvalue weighted by Crippen LogP contribution is -2.34. The van der Waals surface area contributed by atoms with Gasteiger partial charge in [-0.2, -0.15) is 0 Å². The molecule has 0 unspecified atom stereocenters. The number of anilines is 1. The molecular weight excluding hydrogens is 222 g/mol. The van der Waals surface area contributed by atoms with Crippen LogP contribution in [0.3, 0.4) is 0 Å². The smallest absolute Gasteiger partial charge is 0.116 e. The zero-order chi connectivity index (χ0) is 12.1. The Bertz CT molecular complexity index is 631. The second-order valence-electron chi connectivity index (χ2n) is 5.46. The van der Waals surface area contributed by atoms with Crippen LogP contribution in [-0.2, 0) is 12.8 Å². The maximum absolute atomic E-state index is 9.72. The first-order valence-electron chi connectivity index (χ1n) is 6.85. The maximum Gasteiger partial charge on any atom is 0.116 e. The van der Waals surface area contributed by atoms with Gasteiger partial charge in [0, 0.05) is 18.8 Å². The third kappa shape index (κ3) is 1.35. The van der Waals surface area contributed by atoms with Gasteiger partial charge in [-0.05, 0) is 65.8 Å². The summed E-state index contributed by atoms with van der Waals surface area (Å²) < 4.78 is 0. The molecule has 2 aromatic carbocycles. The molecule has 2 aromatic rings. The highest BCUT2D eigenvalue weighted by molar-refractivity contribution is 5.93. The van der Waals surface area contributed by atoms with E-state index >= 15 is 0 Å². The summed E-state index contributed by atoms with van der Waals surface area (Å²) in [4.78, 5) is 2.54. The summed E-state index contributed by atoms with van der Waals surface area (Å²) in [6, 6.07) is 8.11. The molecule has 92 valence electrons. The van der Waals surface area contributed by atoms with Crippen molar-refractivity contribution in [1.82, 2.24) is 0 Å². The number of rotatable bonds is 0. The monoisotopic (exact) mass is 239 g/mol. The fourth-order valence-electron chi connectivity index (χ4n) is 3.59. The number of nitrogens with zero attached hydrogens (tertiary/aromatic N) is 1. The van der Waals surface area contributed by atoms with E-state index in [0.29, 0.717) is 5.75 Å². The number of aryl methyl sites for hydroxylation is 2. The van der Waals surface area contributed by atoms with Crippen LogP contribution in [0.5, 0.6) is 5.75 Å². The lowest BCUT2D eigenvalue weighted by atomic mass is 9.88. The van der Waals surface area contributed by atoms with E-state index in [1.165, 1.54) is 59.9 Å². The Morgan fingerprint density at radius 1 is 1.00 bits per heavy atom. The van der Waals surface area contributed by atoms with Crippen LogP contribution in [-0.4, -0.2) is 18.2 Å². The van der Waals surface area contributed by atoms with E-state index in [2.05, 4.69) is 17.0 Å². The zero-order valence-electron chi connectivity index (χ0n) is 10.4. The van der Waals surface area contributed by atoms with Crippen molar-refractivity contribution in [2.75, 3.05) is 18.0 Å². The average molecular weight is 239 g/mol. The number of phenolic OH excluding ortho intramolecular Hbond substituents is 1. The Balaban J connectivity index is 2.09. The van der Waals surface area contributed by atoms with Crippen LogP contribution < -0.4 is 4.90 Å². The molecule has 0 saturated carbocycles. The highest BCUT2D eigenvalue weighted by atomic mass is 16.3. The number of phenols is 1. The van der Waals surface area contributed by atoms with Gasteiger partial charge in [0.1, 0.15) is 5.75 Å². The van der Waals surface area contributed by atoms with Crippen LogP contribution in [0, 0.1) is 0 Å². The molecule has 0 aromatic heterocycles. The van der Waals surface area contributed by atoms with Crippen LogP contribution in [0.1, 0.15) is 24.0 Å². The van der Waals surface area contributed by atoms with Crippen molar-refractivity contribution in [3.63, 3.8) is 0 Å². The molecule has 0 spiro atoms. The fraction of sp³-hybridized carbons (Fsp3) is 0.375. The largest absolute Gasteiger partial charge is 0.508 e. The van der Waals surface area contributed by atoms with Crippen molar-refractivity contribution in [2.24, 2.45) is 0 Å². The minimum absolute atomic E-state index is 0.381. The van der Waals surface area contributed by atoms with Crippen molar-refractivity contribution in [3.8, 4) is 5.75 Å². The molecule has 0 amide bonds. The summed E-state index contributed by atoms with van der Waals surface area (Å²) in [6.45, 7) is 2.40. The predicted molar refractivity (Wildman–Crippen MR) is 74.5 cm³/mol. The average Bonchev–Trinajstić information content (AvgIpc) is 2.40. The summed E-state index contributed by atoms with van der Waals surface area (Å²) in [7, 11) is 0. The lowest BCUT2D eigenvalue weighted by molar-refractivity contribution is 0.476. The normalized spacial score (nSPS) is 17.9. The summed E-state index contributed by atoms with van der Waals surface area (Å²) in [5, 5.41) is 12.3. The van der Waals surface area contributed by atoms with E-state index in [1.807, 2.05) is 6.07 Å². The molecule has 0 atom stereocenters. The molecule has 0 aliphatic carbocycles. The Kier molecular flexibility index (Phi) is 2.07. The molecule has 2 heterocycles. The van der Waals surface area contributed by atoms with E-state index in [4.69, 9.17) is 0 Å². The van der Waals surface area contributed by atoms with Crippen LogP contribution >= 0.6 is 0 Å². The zero-order valence-corrected chi connectivity index (χ0v) is 10.4. The van der Waals surface area contributed by atoms with Crippen molar-refractivity contribution < 1.29 is 5.11 Å². The SMILES string of the molecule is Oc1ccc2cc3c4c(c2c1)CCCN4CCC3. The van der Waals surface area contributed by atoms with E-state index in [9.17, 15) is 5.11 Å². The fourth-order valence-corrected chi connectivity index (χ4v) is 3.59. The molecule has 0 radical (unpaired) electrons. The van der Waals surface area contributed by atoms with Gasteiger partial charge in [0.05, 0.1) is 0 Å². The number of fused-ring (bicyclic) bond motifs is 2. The van der Waals surface area contributed by atoms with E-state index in [-0.39, 0.29) is 0 Å². The first kappa shape index (κ1) is 10.2. The molecule has 0 bridgehead atoms. The molecule has 2 aliphatic heterocycles. The number of benzene rings is 2. The maximum atomic E-state index is 9.72. The van der Waals surface area contributed by atoms with Gasteiger partial charge in [0.25, 0.3) is 0 Å². The van der Waals surface area contributed by atoms with Gasteiger partial charge < -0.3 is 10.0 Å². The highest BCUT2D eigenvalue weighted by Gasteiger charge is 2.25. The first-order valence-corrected chi connectivity index (χ1v) is 6.85. The summed E-state index contributed by atoms with van der Waals surface area (Å²) in [5.74, 6) is 0.381. The van der Waals surface area contributed by atoms with Gasteiger partial charge in [-0.25, -0.2) is 0 Å². The standard InChI is InChI=1S/C16H17NO/c18-13-6-5-11-9-12-3-1-7-17-8-2-4-14(16(12)17)15(11)10-13/h5-6,9-10,18H,1-4,7-8H2. The highest BCUT2D eigenvalue weighted by Crippen LogP contribution is 2.40.